The van der Waals surface area contributed by atoms with E-state index >= 15 is 0 Å². The fourth-order valence-electron chi connectivity index (χ4n) is 3.20. The summed E-state index contributed by atoms with van der Waals surface area (Å²) in [5.74, 6) is -0.0690. The number of halogens is 1. The van der Waals surface area contributed by atoms with Gasteiger partial charge >= 0.3 is 0 Å². The molecule has 0 spiro atoms. The van der Waals surface area contributed by atoms with Gasteiger partial charge in [-0.2, -0.15) is 0 Å². The summed E-state index contributed by atoms with van der Waals surface area (Å²) in [7, 11) is 0. The zero-order valence-corrected chi connectivity index (χ0v) is 17.3. The zero-order chi connectivity index (χ0) is 21.6. The molecule has 0 atom stereocenters. The quantitative estimate of drug-likeness (QED) is 0.433. The van der Waals surface area contributed by atoms with Crippen LogP contribution in [0.1, 0.15) is 17.5 Å². The number of aromatic nitrogens is 5. The Morgan fingerprint density at radius 3 is 2.68 bits per heavy atom. The van der Waals surface area contributed by atoms with Crippen LogP contribution >= 0.6 is 11.6 Å². The Balaban J connectivity index is 1.37. The minimum absolute atomic E-state index is 0.0690. The Labute approximate surface area is 184 Å². The molecule has 4 rings (SSSR count). The molecule has 2 heterocycles. The number of amides is 1. The van der Waals surface area contributed by atoms with Gasteiger partial charge in [0.25, 0.3) is 0 Å². The number of carbonyl (C=O) groups excluding carboxylic acids is 1. The first-order valence-electron chi connectivity index (χ1n) is 9.67. The summed E-state index contributed by atoms with van der Waals surface area (Å²) in [5, 5.41) is 14.8. The van der Waals surface area contributed by atoms with E-state index in [-0.39, 0.29) is 5.91 Å². The molecule has 0 radical (unpaired) electrons. The molecular weight excluding hydrogens is 414 g/mol. The number of nitrogen functional groups attached to an aromatic ring is 1. The van der Waals surface area contributed by atoms with Gasteiger partial charge in [-0.3, -0.25) is 9.78 Å². The van der Waals surface area contributed by atoms with Gasteiger partial charge in [0, 0.05) is 41.6 Å². The van der Waals surface area contributed by atoms with Crippen molar-refractivity contribution in [2.75, 3.05) is 5.73 Å². The number of tetrazole rings is 1. The van der Waals surface area contributed by atoms with Gasteiger partial charge in [0.1, 0.15) is 6.33 Å². The molecule has 0 unspecified atom stereocenters. The lowest BCUT2D eigenvalue weighted by Crippen LogP contribution is -2.23. The lowest BCUT2D eigenvalue weighted by atomic mass is 10.1. The number of nitrogens with zero attached hydrogens (tertiary/aromatic N) is 5. The van der Waals surface area contributed by atoms with Gasteiger partial charge in [-0.25, -0.2) is 4.68 Å². The number of hydrogen-bond donors (Lipinski definition) is 2. The molecule has 31 heavy (non-hydrogen) atoms. The molecule has 0 aliphatic carbocycles. The number of nitrogens with one attached hydrogen (secondary N) is 1. The first-order chi connectivity index (χ1) is 15.1. The molecule has 0 bridgehead atoms. The highest BCUT2D eigenvalue weighted by Gasteiger charge is 2.10. The summed E-state index contributed by atoms with van der Waals surface area (Å²) in [6.45, 7) is 0.393. The van der Waals surface area contributed by atoms with E-state index in [2.05, 4.69) is 25.8 Å². The summed E-state index contributed by atoms with van der Waals surface area (Å²) in [5.41, 5.74) is 11.1. The van der Waals surface area contributed by atoms with Crippen LogP contribution < -0.4 is 11.1 Å². The summed E-state index contributed by atoms with van der Waals surface area (Å²) < 4.78 is 1.55. The Hall–Kier alpha value is -3.78. The van der Waals surface area contributed by atoms with Crippen molar-refractivity contribution in [3.8, 4) is 16.8 Å². The maximum atomic E-state index is 12.4. The molecule has 156 valence electrons. The van der Waals surface area contributed by atoms with Crippen LogP contribution in [-0.2, 0) is 17.8 Å². The fourth-order valence-corrected chi connectivity index (χ4v) is 3.40. The van der Waals surface area contributed by atoms with Crippen molar-refractivity contribution >= 4 is 23.2 Å². The van der Waals surface area contributed by atoms with E-state index in [1.54, 1.807) is 23.1 Å². The van der Waals surface area contributed by atoms with Gasteiger partial charge in [0.15, 0.2) is 0 Å². The topological polar surface area (TPSA) is 112 Å². The van der Waals surface area contributed by atoms with Crippen LogP contribution in [0, 0.1) is 0 Å². The van der Waals surface area contributed by atoms with E-state index in [0.717, 1.165) is 27.9 Å². The smallest absolute Gasteiger partial charge is 0.220 e. The molecule has 8 nitrogen and oxygen atoms in total. The predicted molar refractivity (Wildman–Crippen MR) is 118 cm³/mol. The molecule has 9 heteroatoms. The number of aryl methyl sites for hydroxylation is 1. The third-order valence-corrected chi connectivity index (χ3v) is 5.02. The molecule has 4 aromatic rings. The number of anilines is 1. The zero-order valence-electron chi connectivity index (χ0n) is 16.6. The standard InChI is InChI=1S/C22H20ClN7O/c23-19-4-7-21(30-14-27-28-29-30)17(10-19)3-8-22(31)26-12-15-9-18(13-25-11-15)16-1-5-20(24)6-2-16/h1-2,4-7,9-11,13-14H,3,8,12,24H2,(H,26,31). The van der Waals surface area contributed by atoms with Crippen LogP contribution in [0.3, 0.4) is 0 Å². The number of carbonyl (C=O) groups is 1. The van der Waals surface area contributed by atoms with Crippen LogP contribution in [0.25, 0.3) is 16.8 Å². The van der Waals surface area contributed by atoms with Crippen molar-refractivity contribution in [2.45, 2.75) is 19.4 Å². The van der Waals surface area contributed by atoms with Crippen molar-refractivity contribution in [1.82, 2.24) is 30.5 Å². The van der Waals surface area contributed by atoms with Gasteiger partial charge < -0.3 is 11.1 Å². The van der Waals surface area contributed by atoms with Crippen molar-refractivity contribution in [3.63, 3.8) is 0 Å². The summed E-state index contributed by atoms with van der Waals surface area (Å²) in [4.78, 5) is 16.7. The van der Waals surface area contributed by atoms with E-state index in [1.165, 1.54) is 6.33 Å². The molecule has 0 aliphatic rings. The highest BCUT2D eigenvalue weighted by atomic mass is 35.5. The fraction of sp³-hybridized carbons (Fsp3) is 0.136. The van der Waals surface area contributed by atoms with Gasteiger partial charge in [-0.15, -0.1) is 5.10 Å². The lowest BCUT2D eigenvalue weighted by Gasteiger charge is -2.10. The van der Waals surface area contributed by atoms with E-state index in [9.17, 15) is 4.79 Å². The highest BCUT2D eigenvalue weighted by Crippen LogP contribution is 2.22. The Morgan fingerprint density at radius 1 is 1.06 bits per heavy atom. The minimum Gasteiger partial charge on any atom is -0.399 e. The number of hydrogen-bond acceptors (Lipinski definition) is 6. The number of pyridine rings is 1. The second kappa shape index (κ2) is 9.36. The summed E-state index contributed by atoms with van der Waals surface area (Å²) in [6.07, 6.45) is 5.85. The largest absolute Gasteiger partial charge is 0.399 e. The minimum atomic E-state index is -0.0690. The van der Waals surface area contributed by atoms with Crippen molar-refractivity contribution in [3.05, 3.63) is 83.4 Å². The predicted octanol–water partition coefficient (Wildman–Crippen LogP) is 3.21. The third kappa shape index (κ3) is 5.23. The summed E-state index contributed by atoms with van der Waals surface area (Å²) in [6, 6.07) is 15.0. The molecule has 2 aromatic heterocycles. The SMILES string of the molecule is Nc1ccc(-c2cncc(CNC(=O)CCc3cc(Cl)ccc3-n3cnnn3)c2)cc1. The summed E-state index contributed by atoms with van der Waals surface area (Å²) >= 11 is 6.13. The number of benzene rings is 2. The average molecular weight is 434 g/mol. The molecule has 0 aliphatic heterocycles. The Morgan fingerprint density at radius 2 is 1.90 bits per heavy atom. The maximum Gasteiger partial charge on any atom is 0.220 e. The van der Waals surface area contributed by atoms with E-state index in [0.29, 0.717) is 30.1 Å². The monoisotopic (exact) mass is 433 g/mol. The van der Waals surface area contributed by atoms with Gasteiger partial charge in [0.05, 0.1) is 5.69 Å². The second-order valence-electron chi connectivity index (χ2n) is 7.01. The first kappa shape index (κ1) is 20.5. The Bertz CT molecular complexity index is 1180. The third-order valence-electron chi connectivity index (χ3n) is 4.79. The van der Waals surface area contributed by atoms with Gasteiger partial charge in [-0.1, -0.05) is 23.7 Å². The van der Waals surface area contributed by atoms with Crippen LogP contribution in [-0.4, -0.2) is 31.1 Å². The van der Waals surface area contributed by atoms with Gasteiger partial charge in [0.2, 0.25) is 5.91 Å². The number of rotatable bonds is 7. The molecule has 0 saturated heterocycles. The van der Waals surface area contributed by atoms with E-state index in [4.69, 9.17) is 17.3 Å². The van der Waals surface area contributed by atoms with E-state index in [1.807, 2.05) is 42.5 Å². The molecule has 0 fully saturated rings. The molecule has 1 amide bonds. The van der Waals surface area contributed by atoms with Crippen LogP contribution in [0.15, 0.2) is 67.3 Å². The van der Waals surface area contributed by atoms with E-state index < -0.39 is 0 Å². The maximum absolute atomic E-state index is 12.4. The average Bonchev–Trinajstić information content (AvgIpc) is 3.32. The van der Waals surface area contributed by atoms with Crippen LogP contribution in [0.4, 0.5) is 5.69 Å². The van der Waals surface area contributed by atoms with Crippen LogP contribution in [0.5, 0.6) is 0 Å². The van der Waals surface area contributed by atoms with Gasteiger partial charge in [-0.05, 0) is 69.9 Å². The second-order valence-corrected chi connectivity index (χ2v) is 7.44. The van der Waals surface area contributed by atoms with Crippen molar-refractivity contribution in [2.24, 2.45) is 0 Å². The molecule has 0 saturated carbocycles. The molecule has 2 aromatic carbocycles. The molecular formula is C22H20ClN7O. The Kier molecular flexibility index (Phi) is 6.18. The first-order valence-corrected chi connectivity index (χ1v) is 10.0. The lowest BCUT2D eigenvalue weighted by molar-refractivity contribution is -0.121. The number of nitrogens with two attached hydrogens (primary N) is 1. The van der Waals surface area contributed by atoms with Crippen molar-refractivity contribution in [1.29, 1.82) is 0 Å². The molecule has 3 N–H and O–H groups in total. The van der Waals surface area contributed by atoms with Crippen LogP contribution in [0.2, 0.25) is 5.02 Å². The normalized spacial score (nSPS) is 10.7. The van der Waals surface area contributed by atoms with Crippen molar-refractivity contribution < 1.29 is 4.79 Å². The highest BCUT2D eigenvalue weighted by molar-refractivity contribution is 6.30.